The van der Waals surface area contributed by atoms with Crippen molar-refractivity contribution >= 4 is 16.9 Å². The molecule has 0 saturated heterocycles. The second-order valence-electron chi connectivity index (χ2n) is 10.1. The zero-order chi connectivity index (χ0) is 25.8. The summed E-state index contributed by atoms with van der Waals surface area (Å²) in [5.74, 6) is 0.750. The van der Waals surface area contributed by atoms with Gasteiger partial charge >= 0.3 is 0 Å². The van der Waals surface area contributed by atoms with Gasteiger partial charge in [-0.1, -0.05) is 38.3 Å². The summed E-state index contributed by atoms with van der Waals surface area (Å²) in [5.41, 5.74) is 3.73. The first-order valence-electron chi connectivity index (χ1n) is 13.1. The van der Waals surface area contributed by atoms with Crippen LogP contribution in [0, 0.1) is 13.8 Å². The van der Waals surface area contributed by atoms with Crippen LogP contribution >= 0.6 is 0 Å². The van der Waals surface area contributed by atoms with E-state index >= 15 is 0 Å². The van der Waals surface area contributed by atoms with E-state index in [9.17, 15) is 9.59 Å². The Balaban J connectivity index is 1.69. The van der Waals surface area contributed by atoms with E-state index in [4.69, 9.17) is 9.15 Å². The molecule has 0 fully saturated rings. The number of carbonyl (C=O) groups excluding carboxylic acids is 1. The molecule has 0 bridgehead atoms. The van der Waals surface area contributed by atoms with Crippen LogP contribution in [0.5, 0.6) is 5.75 Å². The van der Waals surface area contributed by atoms with Gasteiger partial charge in [-0.2, -0.15) is 0 Å². The van der Waals surface area contributed by atoms with Gasteiger partial charge in [0.1, 0.15) is 11.3 Å². The fraction of sp³-hybridized carbons (Fsp3) is 0.467. The second kappa shape index (κ2) is 11.3. The lowest BCUT2D eigenvalue weighted by Gasteiger charge is -2.26. The van der Waals surface area contributed by atoms with Crippen molar-refractivity contribution in [2.45, 2.75) is 58.9 Å². The molecule has 2 aromatic carbocycles. The van der Waals surface area contributed by atoms with Gasteiger partial charge in [-0.25, -0.2) is 0 Å². The number of nitrogens with zero attached hydrogens (tertiary/aromatic N) is 2. The van der Waals surface area contributed by atoms with Gasteiger partial charge in [0.25, 0.3) is 5.91 Å². The highest BCUT2D eigenvalue weighted by atomic mass is 16.5. The van der Waals surface area contributed by atoms with E-state index in [0.717, 1.165) is 41.8 Å². The first-order valence-corrected chi connectivity index (χ1v) is 13.1. The molecular formula is C30H38N2O4. The largest absolute Gasteiger partial charge is 0.494 e. The molecule has 1 amide bonds. The Hall–Kier alpha value is -3.12. The van der Waals surface area contributed by atoms with Crippen molar-refractivity contribution in [1.29, 1.82) is 0 Å². The average Bonchev–Trinajstić information content (AvgIpc) is 3.12. The van der Waals surface area contributed by atoms with Crippen molar-refractivity contribution in [3.05, 3.63) is 74.6 Å². The van der Waals surface area contributed by atoms with E-state index in [2.05, 4.69) is 11.8 Å². The van der Waals surface area contributed by atoms with Crippen molar-refractivity contribution < 1.29 is 13.9 Å². The van der Waals surface area contributed by atoms with E-state index < -0.39 is 6.04 Å². The van der Waals surface area contributed by atoms with Crippen molar-refractivity contribution in [1.82, 2.24) is 9.80 Å². The Morgan fingerprint density at radius 3 is 2.39 bits per heavy atom. The van der Waals surface area contributed by atoms with Crippen molar-refractivity contribution in [2.75, 3.05) is 33.8 Å². The normalized spacial score (nSPS) is 15.2. The van der Waals surface area contributed by atoms with Gasteiger partial charge < -0.3 is 19.0 Å². The minimum atomic E-state index is -0.476. The van der Waals surface area contributed by atoms with E-state index in [0.29, 0.717) is 29.7 Å². The lowest BCUT2D eigenvalue weighted by molar-refractivity contribution is 0.0722. The molecule has 1 atom stereocenters. The molecule has 1 aliphatic heterocycles. The van der Waals surface area contributed by atoms with Crippen LogP contribution in [0.2, 0.25) is 0 Å². The number of aryl methyl sites for hydroxylation is 2. The minimum Gasteiger partial charge on any atom is -0.494 e. The maximum absolute atomic E-state index is 13.8. The molecular weight excluding hydrogens is 452 g/mol. The summed E-state index contributed by atoms with van der Waals surface area (Å²) in [7, 11) is 4.03. The topological polar surface area (TPSA) is 63.0 Å². The van der Waals surface area contributed by atoms with Crippen molar-refractivity contribution in [3.8, 4) is 5.75 Å². The Kier molecular flexibility index (Phi) is 8.14. The Morgan fingerprint density at radius 2 is 1.69 bits per heavy atom. The molecule has 0 spiro atoms. The number of benzene rings is 2. The lowest BCUT2D eigenvalue weighted by atomic mass is 9.97. The number of unbranched alkanes of at least 4 members (excludes halogenated alkanes) is 3. The molecule has 1 unspecified atom stereocenters. The van der Waals surface area contributed by atoms with Gasteiger partial charge in [0.2, 0.25) is 5.76 Å². The van der Waals surface area contributed by atoms with E-state index in [-0.39, 0.29) is 17.1 Å². The molecule has 2 heterocycles. The summed E-state index contributed by atoms with van der Waals surface area (Å²) >= 11 is 0. The van der Waals surface area contributed by atoms with Gasteiger partial charge in [-0.3, -0.25) is 9.59 Å². The standard InChI is InChI=1S/C30H38N2O4/c1-6-7-8-9-17-35-23-13-11-22(12-14-23)27-26-28(33)24-18-20(2)21(3)19-25(24)36-29(26)30(34)32(27)16-10-15-31(4)5/h11-14,18-19,27H,6-10,15-17H2,1-5H3. The average molecular weight is 491 g/mol. The third kappa shape index (κ3) is 5.34. The van der Waals surface area contributed by atoms with E-state index in [1.54, 1.807) is 4.90 Å². The minimum absolute atomic E-state index is 0.126. The molecule has 0 aliphatic carbocycles. The third-order valence-corrected chi connectivity index (χ3v) is 7.05. The molecule has 6 heteroatoms. The number of ether oxygens (including phenoxy) is 1. The molecule has 192 valence electrons. The summed E-state index contributed by atoms with van der Waals surface area (Å²) in [6.07, 6.45) is 5.42. The molecule has 1 aliphatic rings. The molecule has 1 aromatic heterocycles. The number of hydrogen-bond acceptors (Lipinski definition) is 5. The molecule has 4 rings (SSSR count). The van der Waals surface area contributed by atoms with Gasteiger partial charge in [0, 0.05) is 6.54 Å². The highest BCUT2D eigenvalue weighted by molar-refractivity contribution is 5.99. The molecule has 3 aromatic rings. The zero-order valence-corrected chi connectivity index (χ0v) is 22.2. The maximum Gasteiger partial charge on any atom is 0.290 e. The number of hydrogen-bond donors (Lipinski definition) is 0. The highest BCUT2D eigenvalue weighted by Crippen LogP contribution is 2.39. The van der Waals surface area contributed by atoms with Crippen LogP contribution in [-0.4, -0.2) is 49.5 Å². The zero-order valence-electron chi connectivity index (χ0n) is 22.2. The first-order chi connectivity index (χ1) is 17.3. The predicted molar refractivity (Wildman–Crippen MR) is 144 cm³/mol. The predicted octanol–water partition coefficient (Wildman–Crippen LogP) is 5.87. The fourth-order valence-corrected chi connectivity index (χ4v) is 4.88. The second-order valence-corrected chi connectivity index (χ2v) is 10.1. The molecule has 6 nitrogen and oxygen atoms in total. The summed E-state index contributed by atoms with van der Waals surface area (Å²) in [6, 6.07) is 11.1. The molecule has 0 N–H and O–H groups in total. The summed E-state index contributed by atoms with van der Waals surface area (Å²) in [6.45, 7) is 8.23. The smallest absolute Gasteiger partial charge is 0.290 e. The van der Waals surface area contributed by atoms with Crippen LogP contribution in [0.1, 0.15) is 77.9 Å². The maximum atomic E-state index is 13.8. The first kappa shape index (κ1) is 26.0. The van der Waals surface area contributed by atoms with Crippen LogP contribution < -0.4 is 10.2 Å². The quantitative estimate of drug-likeness (QED) is 0.315. The highest BCUT2D eigenvalue weighted by Gasteiger charge is 2.42. The third-order valence-electron chi connectivity index (χ3n) is 7.05. The Bertz CT molecular complexity index is 1280. The van der Waals surface area contributed by atoms with Gasteiger partial charge in [0.15, 0.2) is 5.43 Å². The van der Waals surface area contributed by atoms with Gasteiger partial charge in [0.05, 0.1) is 23.6 Å². The molecule has 0 saturated carbocycles. The Morgan fingerprint density at radius 1 is 0.972 bits per heavy atom. The number of carbonyl (C=O) groups is 1. The summed E-state index contributed by atoms with van der Waals surface area (Å²) in [4.78, 5) is 31.2. The molecule has 36 heavy (non-hydrogen) atoms. The summed E-state index contributed by atoms with van der Waals surface area (Å²) in [5, 5.41) is 0.525. The van der Waals surface area contributed by atoms with E-state index in [1.807, 2.05) is 64.3 Å². The van der Waals surface area contributed by atoms with Gasteiger partial charge in [-0.15, -0.1) is 0 Å². The van der Waals surface area contributed by atoms with Crippen molar-refractivity contribution in [3.63, 3.8) is 0 Å². The lowest BCUT2D eigenvalue weighted by Crippen LogP contribution is -2.32. The summed E-state index contributed by atoms with van der Waals surface area (Å²) < 4.78 is 12.0. The van der Waals surface area contributed by atoms with Crippen molar-refractivity contribution in [2.24, 2.45) is 0 Å². The van der Waals surface area contributed by atoms with Crippen LogP contribution in [0.15, 0.2) is 45.6 Å². The number of fused-ring (bicyclic) bond motifs is 2. The fourth-order valence-electron chi connectivity index (χ4n) is 4.88. The van der Waals surface area contributed by atoms with E-state index in [1.165, 1.54) is 19.3 Å². The van der Waals surface area contributed by atoms with Crippen LogP contribution in [0.3, 0.4) is 0 Å². The van der Waals surface area contributed by atoms with Gasteiger partial charge in [-0.05, 0) is 88.3 Å². The SMILES string of the molecule is CCCCCCOc1ccc(C2c3c(oc4cc(C)c(C)cc4c3=O)C(=O)N2CCCN(C)C)cc1. The van der Waals surface area contributed by atoms with Crippen LogP contribution in [0.25, 0.3) is 11.0 Å². The number of rotatable bonds is 11. The molecule has 0 radical (unpaired) electrons. The number of amides is 1. The monoisotopic (exact) mass is 490 g/mol. The van der Waals surface area contributed by atoms with Crippen LogP contribution in [-0.2, 0) is 0 Å². The van der Waals surface area contributed by atoms with Crippen LogP contribution in [0.4, 0.5) is 0 Å². The Labute approximate surface area is 213 Å².